The van der Waals surface area contributed by atoms with Crippen molar-refractivity contribution in [3.8, 4) is 0 Å². The normalized spacial score (nSPS) is 23.4. The maximum absolute atomic E-state index is 11.7. The van der Waals surface area contributed by atoms with Crippen LogP contribution in [-0.4, -0.2) is 42.9 Å². The van der Waals surface area contributed by atoms with Crippen molar-refractivity contribution >= 4 is 16.9 Å². The van der Waals surface area contributed by atoms with E-state index in [9.17, 15) is 13.2 Å². The van der Waals surface area contributed by atoms with E-state index in [1.54, 1.807) is 11.8 Å². The summed E-state index contributed by atoms with van der Waals surface area (Å²) in [6.45, 7) is 3.29. The smallest absolute Gasteiger partial charge is 0.370 e. The van der Waals surface area contributed by atoms with E-state index in [1.807, 2.05) is 0 Å². The van der Waals surface area contributed by atoms with Crippen LogP contribution < -0.4 is 5.32 Å². The van der Waals surface area contributed by atoms with Gasteiger partial charge in [-0.25, -0.2) is 0 Å². The molecule has 0 aromatic carbocycles. The van der Waals surface area contributed by atoms with Gasteiger partial charge >= 0.3 is 6.18 Å². The summed E-state index contributed by atoms with van der Waals surface area (Å²) in [6.07, 6.45) is -4.25. The maximum atomic E-state index is 11.7. The van der Waals surface area contributed by atoms with Crippen molar-refractivity contribution < 1.29 is 17.9 Å². The summed E-state index contributed by atoms with van der Waals surface area (Å²) in [5.74, 6) is 1.48. The van der Waals surface area contributed by atoms with Crippen LogP contribution in [0.25, 0.3) is 0 Å². The number of alkyl halides is 3. The lowest BCUT2D eigenvalue weighted by atomic mass is 10.1. The molecule has 0 saturated carbocycles. The van der Waals surface area contributed by atoms with E-state index < -0.39 is 12.8 Å². The summed E-state index contributed by atoms with van der Waals surface area (Å²) in [7, 11) is 0. The van der Waals surface area contributed by atoms with Gasteiger partial charge in [-0.1, -0.05) is 25.6 Å². The molecule has 0 spiro atoms. The molecule has 1 atom stereocenters. The zero-order valence-corrected chi connectivity index (χ0v) is 10.7. The first-order valence-corrected chi connectivity index (χ1v) is 6.45. The van der Waals surface area contributed by atoms with Crippen LogP contribution in [0.5, 0.6) is 0 Å². The molecule has 1 heterocycles. The Morgan fingerprint density at radius 2 is 2.24 bits per heavy atom. The monoisotopic (exact) mass is 270 g/mol. The number of thioether (sulfide) groups is 1. The number of nitrogens with one attached hydrogen (secondary N) is 1. The largest absolute Gasteiger partial charge is 0.411 e. The highest BCUT2D eigenvalue weighted by atomic mass is 32.2. The van der Waals surface area contributed by atoms with E-state index in [4.69, 9.17) is 0 Å². The van der Waals surface area contributed by atoms with Crippen molar-refractivity contribution in [2.24, 2.45) is 10.9 Å². The molecule has 0 radical (unpaired) electrons. The number of rotatable bonds is 5. The molecule has 3 nitrogen and oxygen atoms in total. The van der Waals surface area contributed by atoms with Crippen LogP contribution in [-0.2, 0) is 4.74 Å². The molecule has 0 aromatic rings. The summed E-state index contributed by atoms with van der Waals surface area (Å²) in [6, 6.07) is 0.398. The summed E-state index contributed by atoms with van der Waals surface area (Å²) in [5.41, 5.74) is 0. The second-order valence-corrected chi connectivity index (χ2v) is 5.17. The molecule has 1 aliphatic heterocycles. The van der Waals surface area contributed by atoms with E-state index >= 15 is 0 Å². The fraction of sp³-hybridized carbons (Fsp3) is 0.900. The number of ether oxygens (including phenoxy) is 1. The number of halogens is 3. The highest BCUT2D eigenvalue weighted by Crippen LogP contribution is 2.19. The average Bonchev–Trinajstić information content (AvgIpc) is 2.64. The third-order valence-electron chi connectivity index (χ3n) is 2.27. The SMILES string of the molecule is CC(C)C1CSC(=NCCOCC(F)(F)F)N1. The van der Waals surface area contributed by atoms with Crippen molar-refractivity contribution in [1.29, 1.82) is 0 Å². The molecule has 1 unspecified atom stereocenters. The summed E-state index contributed by atoms with van der Waals surface area (Å²) in [5, 5.41) is 4.04. The number of aliphatic imine (C=N–C) groups is 1. The van der Waals surface area contributed by atoms with Gasteiger partial charge in [0, 0.05) is 11.8 Å². The van der Waals surface area contributed by atoms with Gasteiger partial charge in [-0.2, -0.15) is 13.2 Å². The molecule has 1 N–H and O–H groups in total. The van der Waals surface area contributed by atoms with Gasteiger partial charge in [-0.3, -0.25) is 4.99 Å². The van der Waals surface area contributed by atoms with Crippen molar-refractivity contribution in [3.05, 3.63) is 0 Å². The van der Waals surface area contributed by atoms with E-state index in [2.05, 4.69) is 28.9 Å². The van der Waals surface area contributed by atoms with Crippen molar-refractivity contribution in [2.45, 2.75) is 26.1 Å². The summed E-state index contributed by atoms with van der Waals surface area (Å²) < 4.78 is 39.7. The second-order valence-electron chi connectivity index (χ2n) is 4.16. The predicted octanol–water partition coefficient (Wildman–Crippen LogP) is 2.28. The summed E-state index contributed by atoms with van der Waals surface area (Å²) in [4.78, 5) is 4.15. The number of nitrogens with zero attached hydrogens (tertiary/aromatic N) is 1. The van der Waals surface area contributed by atoms with Crippen LogP contribution in [0.1, 0.15) is 13.8 Å². The molecule has 1 fully saturated rings. The molecule has 17 heavy (non-hydrogen) atoms. The maximum Gasteiger partial charge on any atom is 0.411 e. The van der Waals surface area contributed by atoms with Gasteiger partial charge in [0.25, 0.3) is 0 Å². The quantitative estimate of drug-likeness (QED) is 0.778. The Labute approximate surface area is 103 Å². The first kappa shape index (κ1) is 14.6. The standard InChI is InChI=1S/C10H17F3N2OS/c1-7(2)8-5-17-9(15-8)14-3-4-16-6-10(11,12)13/h7-8H,3-6H2,1-2H3,(H,14,15). The predicted molar refractivity (Wildman–Crippen MR) is 63.4 cm³/mol. The van der Waals surface area contributed by atoms with Crippen LogP contribution in [0.15, 0.2) is 4.99 Å². The van der Waals surface area contributed by atoms with Crippen molar-refractivity contribution in [1.82, 2.24) is 5.32 Å². The van der Waals surface area contributed by atoms with Gasteiger partial charge in [-0.15, -0.1) is 0 Å². The number of hydrogen-bond acceptors (Lipinski definition) is 3. The van der Waals surface area contributed by atoms with Crippen LogP contribution in [0.2, 0.25) is 0 Å². The van der Waals surface area contributed by atoms with Crippen molar-refractivity contribution in [3.63, 3.8) is 0 Å². The van der Waals surface area contributed by atoms with Gasteiger partial charge in [0.05, 0.1) is 13.2 Å². The topological polar surface area (TPSA) is 33.6 Å². The average molecular weight is 270 g/mol. The number of amidine groups is 1. The minimum Gasteiger partial charge on any atom is -0.370 e. The van der Waals surface area contributed by atoms with Gasteiger partial charge in [0.1, 0.15) is 6.61 Å². The second kappa shape index (κ2) is 6.49. The Bertz CT molecular complexity index is 269. The Morgan fingerprint density at radius 1 is 1.53 bits per heavy atom. The first-order valence-electron chi connectivity index (χ1n) is 5.47. The third-order valence-corrected chi connectivity index (χ3v) is 3.32. The Morgan fingerprint density at radius 3 is 2.76 bits per heavy atom. The molecule has 1 rings (SSSR count). The van der Waals surface area contributed by atoms with E-state index in [0.717, 1.165) is 10.9 Å². The Kier molecular flexibility index (Phi) is 5.58. The van der Waals surface area contributed by atoms with Crippen LogP contribution >= 0.6 is 11.8 Å². The van der Waals surface area contributed by atoms with Crippen LogP contribution in [0.3, 0.4) is 0 Å². The molecule has 7 heteroatoms. The fourth-order valence-electron chi connectivity index (χ4n) is 1.26. The molecule has 1 saturated heterocycles. The van der Waals surface area contributed by atoms with Gasteiger partial charge in [0.15, 0.2) is 5.17 Å². The van der Waals surface area contributed by atoms with E-state index in [-0.39, 0.29) is 13.2 Å². The Hall–Kier alpha value is -0.430. The van der Waals surface area contributed by atoms with E-state index in [1.165, 1.54) is 0 Å². The Balaban J connectivity index is 2.14. The highest BCUT2D eigenvalue weighted by Gasteiger charge is 2.27. The minimum absolute atomic E-state index is 0.00239. The lowest BCUT2D eigenvalue weighted by molar-refractivity contribution is -0.173. The minimum atomic E-state index is -4.25. The molecule has 100 valence electrons. The van der Waals surface area contributed by atoms with Gasteiger partial charge in [-0.05, 0) is 5.92 Å². The first-order chi connectivity index (χ1) is 7.88. The molecule has 0 aromatic heterocycles. The number of hydrogen-bond donors (Lipinski definition) is 1. The van der Waals surface area contributed by atoms with Crippen LogP contribution in [0.4, 0.5) is 13.2 Å². The van der Waals surface area contributed by atoms with E-state index in [0.29, 0.717) is 12.0 Å². The molecule has 1 aliphatic rings. The molecular formula is C10H17F3N2OS. The van der Waals surface area contributed by atoms with Crippen molar-refractivity contribution in [2.75, 3.05) is 25.5 Å². The fourth-order valence-corrected chi connectivity index (χ4v) is 2.48. The zero-order valence-electron chi connectivity index (χ0n) is 9.88. The molecule has 0 amide bonds. The summed E-state index contributed by atoms with van der Waals surface area (Å²) >= 11 is 1.60. The highest BCUT2D eigenvalue weighted by molar-refractivity contribution is 8.14. The van der Waals surface area contributed by atoms with Crippen LogP contribution in [0, 0.1) is 5.92 Å². The lowest BCUT2D eigenvalue weighted by Crippen LogP contribution is -2.31. The molecule has 0 bridgehead atoms. The lowest BCUT2D eigenvalue weighted by Gasteiger charge is -2.13. The van der Waals surface area contributed by atoms with Gasteiger partial charge < -0.3 is 10.1 Å². The van der Waals surface area contributed by atoms with Gasteiger partial charge in [0.2, 0.25) is 0 Å². The third kappa shape index (κ3) is 6.16. The molecule has 0 aliphatic carbocycles. The zero-order chi connectivity index (χ0) is 12.9. The molecular weight excluding hydrogens is 253 g/mol.